The summed E-state index contributed by atoms with van der Waals surface area (Å²) in [5.74, 6) is 0.181. The maximum absolute atomic E-state index is 11.8. The average molecular weight is 338 g/mol. The highest BCUT2D eigenvalue weighted by Gasteiger charge is 2.21. The molecule has 0 aliphatic rings. The van der Waals surface area contributed by atoms with Crippen LogP contribution in [0.1, 0.15) is 28.4 Å². The number of aryl methyl sites for hydroxylation is 1. The predicted octanol–water partition coefficient (Wildman–Crippen LogP) is 4.25. The number of ether oxygens (including phenoxy) is 1. The van der Waals surface area contributed by atoms with Crippen LogP contribution in [0.4, 0.5) is 0 Å². The van der Waals surface area contributed by atoms with E-state index in [-0.39, 0.29) is 12.2 Å². The first-order valence-electron chi connectivity index (χ1n) is 7.84. The molecule has 0 fully saturated rings. The number of carboxylic acids is 1. The van der Waals surface area contributed by atoms with Gasteiger partial charge in [-0.15, -0.1) is 0 Å². The Labute approximate surface area is 144 Å². The molecule has 3 rings (SSSR count). The SMILES string of the molecule is COc1ccc(-c2oc3c(C)cc(C(C)=O)cc3c2CC(=O)O)cc1. The molecule has 25 heavy (non-hydrogen) atoms. The summed E-state index contributed by atoms with van der Waals surface area (Å²) in [4.78, 5) is 23.1. The van der Waals surface area contributed by atoms with Gasteiger partial charge >= 0.3 is 5.97 Å². The summed E-state index contributed by atoms with van der Waals surface area (Å²) in [5.41, 5.74) is 3.27. The zero-order valence-electron chi connectivity index (χ0n) is 14.3. The van der Waals surface area contributed by atoms with Crippen LogP contribution in [0.15, 0.2) is 40.8 Å². The summed E-state index contributed by atoms with van der Waals surface area (Å²) >= 11 is 0. The van der Waals surface area contributed by atoms with E-state index >= 15 is 0 Å². The van der Waals surface area contributed by atoms with Gasteiger partial charge in [-0.05, 0) is 55.8 Å². The minimum Gasteiger partial charge on any atom is -0.497 e. The van der Waals surface area contributed by atoms with Gasteiger partial charge in [0.1, 0.15) is 17.1 Å². The molecule has 0 saturated heterocycles. The van der Waals surface area contributed by atoms with Crippen molar-refractivity contribution in [2.45, 2.75) is 20.3 Å². The molecule has 0 saturated carbocycles. The lowest BCUT2D eigenvalue weighted by Crippen LogP contribution is -2.01. The zero-order chi connectivity index (χ0) is 18.1. The normalized spacial score (nSPS) is 10.8. The standard InChI is InChI=1S/C20H18O5/c1-11-8-14(12(2)21)9-16-17(10-18(22)23)20(25-19(11)16)13-4-6-15(24-3)7-5-13/h4-9H,10H2,1-3H3,(H,22,23). The minimum atomic E-state index is -0.955. The first-order chi connectivity index (χ1) is 11.9. The number of rotatable bonds is 5. The molecule has 0 spiro atoms. The second-order valence-electron chi connectivity index (χ2n) is 5.93. The smallest absolute Gasteiger partial charge is 0.307 e. The number of fused-ring (bicyclic) bond motifs is 1. The number of hydrogen-bond donors (Lipinski definition) is 1. The molecule has 5 heteroatoms. The summed E-state index contributed by atoms with van der Waals surface area (Å²) in [6, 6.07) is 10.7. The lowest BCUT2D eigenvalue weighted by Gasteiger charge is -2.03. The summed E-state index contributed by atoms with van der Waals surface area (Å²) in [5, 5.41) is 9.98. The lowest BCUT2D eigenvalue weighted by atomic mass is 9.99. The van der Waals surface area contributed by atoms with Gasteiger partial charge in [-0.3, -0.25) is 9.59 Å². The molecule has 0 atom stereocenters. The van der Waals surface area contributed by atoms with Crippen LogP contribution in [-0.4, -0.2) is 24.0 Å². The van der Waals surface area contributed by atoms with Gasteiger partial charge in [0.05, 0.1) is 13.5 Å². The van der Waals surface area contributed by atoms with Crippen LogP contribution in [0.5, 0.6) is 5.75 Å². The lowest BCUT2D eigenvalue weighted by molar-refractivity contribution is -0.136. The van der Waals surface area contributed by atoms with Crippen LogP contribution in [0.3, 0.4) is 0 Å². The van der Waals surface area contributed by atoms with Crippen LogP contribution in [-0.2, 0) is 11.2 Å². The third kappa shape index (κ3) is 3.13. The van der Waals surface area contributed by atoms with Crippen molar-refractivity contribution in [3.63, 3.8) is 0 Å². The monoisotopic (exact) mass is 338 g/mol. The Hall–Kier alpha value is -3.08. The fraction of sp³-hybridized carbons (Fsp3) is 0.200. The van der Waals surface area contributed by atoms with Gasteiger partial charge < -0.3 is 14.3 Å². The molecular weight excluding hydrogens is 320 g/mol. The quantitative estimate of drug-likeness (QED) is 0.704. The van der Waals surface area contributed by atoms with Gasteiger partial charge in [0.2, 0.25) is 0 Å². The first-order valence-corrected chi connectivity index (χ1v) is 7.84. The highest BCUT2D eigenvalue weighted by atomic mass is 16.5. The van der Waals surface area contributed by atoms with Gasteiger partial charge in [0.25, 0.3) is 0 Å². The molecule has 1 aromatic heterocycles. The highest BCUT2D eigenvalue weighted by Crippen LogP contribution is 2.37. The second kappa shape index (κ2) is 6.43. The third-order valence-corrected chi connectivity index (χ3v) is 4.16. The van der Waals surface area contributed by atoms with Gasteiger partial charge in [0.15, 0.2) is 5.78 Å². The van der Waals surface area contributed by atoms with Crippen LogP contribution in [0.25, 0.3) is 22.3 Å². The molecule has 5 nitrogen and oxygen atoms in total. The second-order valence-corrected chi connectivity index (χ2v) is 5.93. The topological polar surface area (TPSA) is 76.7 Å². The Morgan fingerprint density at radius 2 is 1.84 bits per heavy atom. The summed E-state index contributed by atoms with van der Waals surface area (Å²) in [6.45, 7) is 3.34. The molecular formula is C20H18O5. The number of carbonyl (C=O) groups is 2. The minimum absolute atomic E-state index is 0.0709. The molecule has 1 heterocycles. The largest absolute Gasteiger partial charge is 0.497 e. The van der Waals surface area contributed by atoms with Gasteiger partial charge in [0, 0.05) is 22.1 Å². The molecule has 128 valence electrons. The molecule has 0 radical (unpaired) electrons. The molecule has 0 aliphatic carbocycles. The van der Waals surface area contributed by atoms with Gasteiger partial charge in [-0.25, -0.2) is 0 Å². The molecule has 0 aliphatic heterocycles. The zero-order valence-corrected chi connectivity index (χ0v) is 14.3. The van der Waals surface area contributed by atoms with Crippen molar-refractivity contribution in [1.29, 1.82) is 0 Å². The number of carboxylic acid groups (broad SMARTS) is 1. The maximum atomic E-state index is 11.8. The van der Waals surface area contributed by atoms with Crippen molar-refractivity contribution < 1.29 is 23.8 Å². The van der Waals surface area contributed by atoms with E-state index in [4.69, 9.17) is 9.15 Å². The Bertz CT molecular complexity index is 964. The van der Waals surface area contributed by atoms with Crippen molar-refractivity contribution in [2.75, 3.05) is 7.11 Å². The number of methoxy groups -OCH3 is 1. The fourth-order valence-electron chi connectivity index (χ4n) is 2.93. The average Bonchev–Trinajstić information content (AvgIpc) is 2.93. The van der Waals surface area contributed by atoms with Crippen LogP contribution in [0, 0.1) is 6.92 Å². The fourth-order valence-corrected chi connectivity index (χ4v) is 2.93. The number of aliphatic carboxylic acids is 1. The van der Waals surface area contributed by atoms with Crippen molar-refractivity contribution in [3.05, 3.63) is 53.1 Å². The Morgan fingerprint density at radius 3 is 2.40 bits per heavy atom. The first kappa shape index (κ1) is 16.8. The molecule has 2 aromatic carbocycles. The summed E-state index contributed by atoms with van der Waals surface area (Å²) in [6.07, 6.45) is -0.185. The Balaban J connectivity index is 2.27. The number of furan rings is 1. The number of ketones is 1. The van der Waals surface area contributed by atoms with E-state index < -0.39 is 5.97 Å². The third-order valence-electron chi connectivity index (χ3n) is 4.16. The molecule has 1 N–H and O–H groups in total. The number of Topliss-reactive ketones (excluding diaryl/α,β-unsaturated/α-hetero) is 1. The van der Waals surface area contributed by atoms with E-state index in [2.05, 4.69) is 0 Å². The highest BCUT2D eigenvalue weighted by molar-refractivity contribution is 6.01. The van der Waals surface area contributed by atoms with Crippen molar-refractivity contribution in [3.8, 4) is 17.1 Å². The molecule has 3 aromatic rings. The maximum Gasteiger partial charge on any atom is 0.307 e. The molecule has 0 bridgehead atoms. The summed E-state index contributed by atoms with van der Waals surface area (Å²) in [7, 11) is 1.58. The molecule has 0 amide bonds. The Kier molecular flexibility index (Phi) is 4.31. The van der Waals surface area contributed by atoms with E-state index in [1.807, 2.05) is 19.1 Å². The number of hydrogen-bond acceptors (Lipinski definition) is 4. The molecule has 0 unspecified atom stereocenters. The van der Waals surface area contributed by atoms with Crippen molar-refractivity contribution in [2.24, 2.45) is 0 Å². The van der Waals surface area contributed by atoms with Crippen molar-refractivity contribution in [1.82, 2.24) is 0 Å². The van der Waals surface area contributed by atoms with E-state index in [0.717, 1.165) is 11.1 Å². The van der Waals surface area contributed by atoms with Crippen LogP contribution < -0.4 is 4.74 Å². The van der Waals surface area contributed by atoms with E-state index in [1.54, 1.807) is 31.4 Å². The Morgan fingerprint density at radius 1 is 1.16 bits per heavy atom. The van der Waals surface area contributed by atoms with E-state index in [0.29, 0.717) is 33.6 Å². The summed E-state index contributed by atoms with van der Waals surface area (Å²) < 4.78 is 11.2. The van der Waals surface area contributed by atoms with E-state index in [9.17, 15) is 14.7 Å². The van der Waals surface area contributed by atoms with Crippen molar-refractivity contribution >= 4 is 22.7 Å². The van der Waals surface area contributed by atoms with Crippen LogP contribution >= 0.6 is 0 Å². The number of benzene rings is 2. The van der Waals surface area contributed by atoms with E-state index in [1.165, 1.54) is 6.92 Å². The van der Waals surface area contributed by atoms with Gasteiger partial charge in [-0.1, -0.05) is 0 Å². The predicted molar refractivity (Wildman–Crippen MR) is 94.3 cm³/mol. The van der Waals surface area contributed by atoms with Gasteiger partial charge in [-0.2, -0.15) is 0 Å². The van der Waals surface area contributed by atoms with Crippen LogP contribution in [0.2, 0.25) is 0 Å². The number of carbonyl (C=O) groups excluding carboxylic acids is 1.